The van der Waals surface area contributed by atoms with Crippen molar-refractivity contribution in [2.75, 3.05) is 12.4 Å². The molecule has 1 fully saturated rings. The topological polar surface area (TPSA) is 34.0 Å². The Kier molecular flexibility index (Phi) is 3.59. The number of nitrogens with zero attached hydrogens (tertiary/aromatic N) is 4. The molecule has 1 aromatic heterocycles. The summed E-state index contributed by atoms with van der Waals surface area (Å²) < 4.78 is 1.75. The smallest absolute Gasteiger partial charge is 0.0967 e. The van der Waals surface area contributed by atoms with Crippen LogP contribution in [0.3, 0.4) is 0 Å². The number of halogens is 1. The molecule has 0 spiro atoms. The van der Waals surface area contributed by atoms with Crippen molar-refractivity contribution < 1.29 is 0 Å². The van der Waals surface area contributed by atoms with Gasteiger partial charge in [0.15, 0.2) is 0 Å². The molecule has 2 heterocycles. The van der Waals surface area contributed by atoms with Gasteiger partial charge >= 0.3 is 0 Å². The van der Waals surface area contributed by atoms with Crippen molar-refractivity contribution in [2.24, 2.45) is 7.05 Å². The molecule has 0 bridgehead atoms. The van der Waals surface area contributed by atoms with Crippen LogP contribution in [0.2, 0.25) is 0 Å². The minimum Gasteiger partial charge on any atom is -0.293 e. The quantitative estimate of drug-likeness (QED) is 0.734. The highest BCUT2D eigenvalue weighted by atomic mass is 35.5. The van der Waals surface area contributed by atoms with E-state index in [-0.39, 0.29) is 0 Å². The van der Waals surface area contributed by atoms with Crippen LogP contribution in [0.1, 0.15) is 25.0 Å². The lowest BCUT2D eigenvalue weighted by Gasteiger charge is -2.33. The molecule has 0 N–H and O–H groups in total. The van der Waals surface area contributed by atoms with E-state index >= 15 is 0 Å². The molecule has 15 heavy (non-hydrogen) atoms. The predicted octanol–water partition coefficient (Wildman–Crippen LogP) is 1.41. The molecule has 2 rings (SSSR count). The second-order valence-corrected chi connectivity index (χ2v) is 4.47. The van der Waals surface area contributed by atoms with Gasteiger partial charge in [-0.15, -0.1) is 16.7 Å². The number of piperidine rings is 1. The lowest BCUT2D eigenvalue weighted by atomic mass is 10.0. The molecule has 0 radical (unpaired) electrons. The van der Waals surface area contributed by atoms with E-state index in [2.05, 4.69) is 15.2 Å². The number of rotatable bonds is 3. The van der Waals surface area contributed by atoms with Crippen LogP contribution in [0.25, 0.3) is 0 Å². The second kappa shape index (κ2) is 4.94. The first-order valence-electron chi connectivity index (χ1n) is 5.45. The molecule has 0 saturated carbocycles. The normalized spacial score (nSPS) is 23.2. The van der Waals surface area contributed by atoms with Crippen LogP contribution in [0, 0.1) is 0 Å². The van der Waals surface area contributed by atoms with Gasteiger partial charge in [0.25, 0.3) is 0 Å². The van der Waals surface area contributed by atoms with Gasteiger partial charge in [-0.3, -0.25) is 9.58 Å². The molecule has 4 nitrogen and oxygen atoms in total. The van der Waals surface area contributed by atoms with Gasteiger partial charge in [-0.25, -0.2) is 0 Å². The number of aryl methyl sites for hydroxylation is 1. The van der Waals surface area contributed by atoms with Crippen molar-refractivity contribution in [3.05, 3.63) is 11.9 Å². The van der Waals surface area contributed by atoms with Crippen molar-refractivity contribution in [2.45, 2.75) is 31.8 Å². The molecule has 1 aromatic rings. The average Bonchev–Trinajstić information content (AvgIpc) is 2.65. The fraction of sp³-hybridized carbons (Fsp3) is 0.800. The van der Waals surface area contributed by atoms with Gasteiger partial charge in [0, 0.05) is 31.7 Å². The van der Waals surface area contributed by atoms with E-state index < -0.39 is 0 Å². The van der Waals surface area contributed by atoms with Gasteiger partial charge in [0.05, 0.1) is 5.69 Å². The number of hydrogen-bond acceptors (Lipinski definition) is 3. The van der Waals surface area contributed by atoms with Crippen LogP contribution >= 0.6 is 11.6 Å². The molecular formula is C10H17ClN4. The highest BCUT2D eigenvalue weighted by Crippen LogP contribution is 2.19. The molecule has 1 saturated heterocycles. The van der Waals surface area contributed by atoms with Crippen LogP contribution < -0.4 is 0 Å². The van der Waals surface area contributed by atoms with Gasteiger partial charge in [-0.05, 0) is 19.4 Å². The third kappa shape index (κ3) is 2.69. The maximum absolute atomic E-state index is 5.96. The van der Waals surface area contributed by atoms with Crippen molar-refractivity contribution >= 4 is 11.6 Å². The Morgan fingerprint density at radius 3 is 3.07 bits per heavy atom. The maximum atomic E-state index is 5.96. The van der Waals surface area contributed by atoms with Gasteiger partial charge in [0.1, 0.15) is 0 Å². The first kappa shape index (κ1) is 10.9. The van der Waals surface area contributed by atoms with Crippen LogP contribution in [-0.2, 0) is 13.6 Å². The Labute approximate surface area is 95.2 Å². The van der Waals surface area contributed by atoms with Gasteiger partial charge in [-0.1, -0.05) is 11.6 Å². The zero-order valence-corrected chi connectivity index (χ0v) is 9.82. The van der Waals surface area contributed by atoms with E-state index in [1.165, 1.54) is 19.3 Å². The predicted molar refractivity (Wildman–Crippen MR) is 59.8 cm³/mol. The van der Waals surface area contributed by atoms with Crippen molar-refractivity contribution in [3.8, 4) is 0 Å². The SMILES string of the molecule is Cn1cc(CN2CCCCC2CCl)nn1. The van der Waals surface area contributed by atoms with Gasteiger partial charge in [0.2, 0.25) is 0 Å². The molecule has 0 aliphatic carbocycles. The summed E-state index contributed by atoms with van der Waals surface area (Å²) in [5.41, 5.74) is 1.04. The average molecular weight is 229 g/mol. The number of alkyl halides is 1. The van der Waals surface area contributed by atoms with E-state index in [0.717, 1.165) is 24.7 Å². The maximum Gasteiger partial charge on any atom is 0.0967 e. The van der Waals surface area contributed by atoms with E-state index in [0.29, 0.717) is 6.04 Å². The van der Waals surface area contributed by atoms with E-state index in [4.69, 9.17) is 11.6 Å². The summed E-state index contributed by atoms with van der Waals surface area (Å²) in [6.45, 7) is 2.01. The van der Waals surface area contributed by atoms with Gasteiger partial charge < -0.3 is 0 Å². The summed E-state index contributed by atoms with van der Waals surface area (Å²) in [5.74, 6) is 0.722. The molecular weight excluding hydrogens is 212 g/mol. The third-order valence-corrected chi connectivity index (χ3v) is 3.30. The monoisotopic (exact) mass is 228 g/mol. The van der Waals surface area contributed by atoms with E-state index in [1.807, 2.05) is 13.2 Å². The van der Waals surface area contributed by atoms with Crippen molar-refractivity contribution in [1.29, 1.82) is 0 Å². The molecule has 1 atom stereocenters. The molecule has 0 aromatic carbocycles. The molecule has 1 aliphatic rings. The highest BCUT2D eigenvalue weighted by Gasteiger charge is 2.22. The van der Waals surface area contributed by atoms with Crippen LogP contribution in [0.4, 0.5) is 0 Å². The summed E-state index contributed by atoms with van der Waals surface area (Å²) in [4.78, 5) is 2.42. The fourth-order valence-corrected chi connectivity index (χ4v) is 2.47. The third-order valence-electron chi connectivity index (χ3n) is 2.94. The molecule has 5 heteroatoms. The largest absolute Gasteiger partial charge is 0.293 e. The zero-order chi connectivity index (χ0) is 10.7. The molecule has 84 valence electrons. The fourth-order valence-electron chi connectivity index (χ4n) is 2.12. The molecule has 0 amide bonds. The Hall–Kier alpha value is -0.610. The zero-order valence-electron chi connectivity index (χ0n) is 9.06. The van der Waals surface area contributed by atoms with Crippen LogP contribution in [0.15, 0.2) is 6.20 Å². The molecule has 1 unspecified atom stereocenters. The van der Waals surface area contributed by atoms with E-state index in [9.17, 15) is 0 Å². The molecule has 1 aliphatic heterocycles. The first-order chi connectivity index (χ1) is 7.29. The standard InChI is InChI=1S/C10H17ClN4/c1-14-7-9(12-13-14)8-15-5-3-2-4-10(15)6-11/h7,10H,2-6,8H2,1H3. The number of aromatic nitrogens is 3. The summed E-state index contributed by atoms with van der Waals surface area (Å²) in [6, 6.07) is 0.516. The Morgan fingerprint density at radius 2 is 2.40 bits per heavy atom. The second-order valence-electron chi connectivity index (χ2n) is 4.16. The summed E-state index contributed by atoms with van der Waals surface area (Å²) >= 11 is 5.96. The van der Waals surface area contributed by atoms with E-state index in [1.54, 1.807) is 4.68 Å². The summed E-state index contributed by atoms with van der Waals surface area (Å²) in [7, 11) is 1.89. The number of hydrogen-bond donors (Lipinski definition) is 0. The Morgan fingerprint density at radius 1 is 1.53 bits per heavy atom. The first-order valence-corrected chi connectivity index (χ1v) is 5.98. The number of likely N-dealkylation sites (tertiary alicyclic amines) is 1. The van der Waals surface area contributed by atoms with Crippen molar-refractivity contribution in [3.63, 3.8) is 0 Å². The van der Waals surface area contributed by atoms with Gasteiger partial charge in [-0.2, -0.15) is 0 Å². The lowest BCUT2D eigenvalue weighted by Crippen LogP contribution is -2.40. The summed E-state index contributed by atoms with van der Waals surface area (Å²) in [6.07, 6.45) is 5.76. The van der Waals surface area contributed by atoms with Crippen molar-refractivity contribution in [1.82, 2.24) is 19.9 Å². The minimum absolute atomic E-state index is 0.516. The minimum atomic E-state index is 0.516. The Balaban J connectivity index is 1.97. The highest BCUT2D eigenvalue weighted by molar-refractivity contribution is 6.18. The summed E-state index contributed by atoms with van der Waals surface area (Å²) in [5, 5.41) is 8.05. The van der Waals surface area contributed by atoms with Crippen LogP contribution in [-0.4, -0.2) is 38.4 Å². The lowest BCUT2D eigenvalue weighted by molar-refractivity contribution is 0.153. The van der Waals surface area contributed by atoms with Crippen LogP contribution in [0.5, 0.6) is 0 Å². The Bertz CT molecular complexity index is 312.